The molecule has 0 spiro atoms. The van der Waals surface area contributed by atoms with Crippen molar-refractivity contribution in [1.82, 2.24) is 4.24 Å². The maximum absolute atomic E-state index is 11.2. The molecule has 0 radical (unpaired) electrons. The molecule has 0 aliphatic rings. The number of hydrogen-bond acceptors (Lipinski definition) is 2. The first kappa shape index (κ1) is 10.8. The molecule has 0 heterocycles. The fourth-order valence-corrected chi connectivity index (χ4v) is 2.25. The smallest absolute Gasteiger partial charge is 0.206 e. The molecule has 0 unspecified atom stereocenters. The highest BCUT2D eigenvalue weighted by molar-refractivity contribution is 7.90. The molecule has 1 N–H and O–H groups in total. The van der Waals surface area contributed by atoms with E-state index in [1.807, 2.05) is 0 Å². The monoisotopic (exact) mass is 239 g/mol. The lowest BCUT2D eigenvalue weighted by Crippen LogP contribution is -2.14. The molecule has 0 aliphatic carbocycles. The summed E-state index contributed by atoms with van der Waals surface area (Å²) in [7, 11) is -3.59. The number of sulfonamides is 1. The predicted octanol–water partition coefficient (Wildman–Crippen LogP) is 2.08. The zero-order valence-electron chi connectivity index (χ0n) is 6.71. The number of benzene rings is 1. The Morgan fingerprint density at radius 2 is 2.00 bits per heavy atom. The van der Waals surface area contributed by atoms with Gasteiger partial charge in [-0.25, -0.2) is 8.42 Å². The quantitative estimate of drug-likeness (QED) is 0.804. The van der Waals surface area contributed by atoms with Crippen molar-refractivity contribution in [2.24, 2.45) is 0 Å². The van der Waals surface area contributed by atoms with E-state index in [0.717, 1.165) is 0 Å². The van der Waals surface area contributed by atoms with Crippen molar-refractivity contribution >= 4 is 33.4 Å². The number of rotatable bonds is 2. The Morgan fingerprint density at radius 1 is 1.38 bits per heavy atom. The van der Waals surface area contributed by atoms with E-state index < -0.39 is 10.0 Å². The van der Waals surface area contributed by atoms with E-state index in [4.69, 9.17) is 23.4 Å². The first-order valence-corrected chi connectivity index (χ1v) is 5.60. The molecule has 0 aliphatic heterocycles. The Labute approximate surface area is 86.8 Å². The van der Waals surface area contributed by atoms with Crippen LogP contribution in [-0.2, 0) is 10.0 Å². The maximum atomic E-state index is 11.2. The molecule has 6 heteroatoms. The molecular weight excluding hydrogens is 233 g/mol. The third-order valence-corrected chi connectivity index (χ3v) is 3.61. The van der Waals surface area contributed by atoms with Crippen LogP contribution in [0, 0.1) is 6.92 Å². The normalized spacial score (nSPS) is 11.6. The van der Waals surface area contributed by atoms with E-state index in [2.05, 4.69) is 0 Å². The van der Waals surface area contributed by atoms with Gasteiger partial charge in [-0.3, -0.25) is 0 Å². The van der Waals surface area contributed by atoms with Gasteiger partial charge in [-0.1, -0.05) is 11.6 Å². The van der Waals surface area contributed by atoms with Crippen molar-refractivity contribution in [3.63, 3.8) is 0 Å². The van der Waals surface area contributed by atoms with Crippen molar-refractivity contribution in [1.29, 1.82) is 0 Å². The molecule has 0 bridgehead atoms. The minimum Gasteiger partial charge on any atom is -0.206 e. The molecule has 1 aromatic carbocycles. The summed E-state index contributed by atoms with van der Waals surface area (Å²) in [5.41, 5.74) is 0.556. The van der Waals surface area contributed by atoms with Gasteiger partial charge in [0.1, 0.15) is 0 Å². The Morgan fingerprint density at radius 3 is 2.46 bits per heavy atom. The molecule has 13 heavy (non-hydrogen) atoms. The molecule has 0 amide bonds. The molecule has 0 aromatic heterocycles. The molecule has 0 saturated heterocycles. The molecule has 1 rings (SSSR count). The number of aryl methyl sites for hydroxylation is 1. The molecule has 3 nitrogen and oxygen atoms in total. The van der Waals surface area contributed by atoms with Crippen molar-refractivity contribution in [2.75, 3.05) is 0 Å². The topological polar surface area (TPSA) is 46.2 Å². The maximum Gasteiger partial charge on any atom is 0.254 e. The van der Waals surface area contributed by atoms with Crippen LogP contribution in [0.4, 0.5) is 0 Å². The van der Waals surface area contributed by atoms with Crippen LogP contribution in [0.3, 0.4) is 0 Å². The van der Waals surface area contributed by atoms with Crippen LogP contribution in [0.1, 0.15) is 5.56 Å². The number of halogens is 2. The average molecular weight is 240 g/mol. The molecular formula is C7H7Cl2NO2S. The van der Waals surface area contributed by atoms with E-state index in [9.17, 15) is 8.42 Å². The van der Waals surface area contributed by atoms with Gasteiger partial charge in [-0.05, 0) is 42.5 Å². The van der Waals surface area contributed by atoms with Crippen molar-refractivity contribution in [3.05, 3.63) is 28.8 Å². The van der Waals surface area contributed by atoms with E-state index >= 15 is 0 Å². The van der Waals surface area contributed by atoms with E-state index in [-0.39, 0.29) is 4.90 Å². The van der Waals surface area contributed by atoms with Gasteiger partial charge in [-0.2, -0.15) is 0 Å². The highest BCUT2D eigenvalue weighted by Gasteiger charge is 2.14. The Kier molecular flexibility index (Phi) is 3.18. The second-order valence-corrected chi connectivity index (χ2v) is 4.99. The van der Waals surface area contributed by atoms with Crippen LogP contribution >= 0.6 is 23.4 Å². The molecule has 0 fully saturated rings. The van der Waals surface area contributed by atoms with Crippen LogP contribution in [0.5, 0.6) is 0 Å². The largest absolute Gasteiger partial charge is 0.254 e. The Hall–Kier alpha value is -0.290. The molecule has 0 atom stereocenters. The summed E-state index contributed by atoms with van der Waals surface area (Å²) in [6, 6.07) is 4.46. The van der Waals surface area contributed by atoms with Gasteiger partial charge in [0.2, 0.25) is 0 Å². The second-order valence-electron chi connectivity index (χ2n) is 2.49. The third kappa shape index (κ3) is 2.34. The number of hydrogen-bond donors (Lipinski definition) is 1. The van der Waals surface area contributed by atoms with Crippen molar-refractivity contribution in [2.45, 2.75) is 11.8 Å². The molecule has 72 valence electrons. The van der Waals surface area contributed by atoms with Gasteiger partial charge in [0.05, 0.1) is 4.90 Å². The lowest BCUT2D eigenvalue weighted by Gasteiger charge is -2.04. The van der Waals surface area contributed by atoms with Gasteiger partial charge >= 0.3 is 0 Å². The summed E-state index contributed by atoms with van der Waals surface area (Å²) in [5, 5.41) is 0.492. The van der Waals surface area contributed by atoms with Crippen LogP contribution in [0.25, 0.3) is 0 Å². The van der Waals surface area contributed by atoms with Crippen molar-refractivity contribution < 1.29 is 8.42 Å². The SMILES string of the molecule is Cc1cc(Cl)ccc1S(=O)(=O)NCl. The molecule has 1 aromatic rings. The summed E-state index contributed by atoms with van der Waals surface area (Å²) in [5.74, 6) is 0. The summed E-state index contributed by atoms with van der Waals surface area (Å²) < 4.78 is 24.2. The fraction of sp³-hybridized carbons (Fsp3) is 0.143. The highest BCUT2D eigenvalue weighted by Crippen LogP contribution is 2.19. The first-order chi connectivity index (χ1) is 5.97. The predicted molar refractivity (Wildman–Crippen MR) is 52.4 cm³/mol. The van der Waals surface area contributed by atoms with Gasteiger partial charge in [0.25, 0.3) is 10.0 Å². The Balaban J connectivity index is 3.33. The van der Waals surface area contributed by atoms with E-state index in [0.29, 0.717) is 10.6 Å². The highest BCUT2D eigenvalue weighted by atomic mass is 35.5. The van der Waals surface area contributed by atoms with Gasteiger partial charge in [-0.15, -0.1) is 4.24 Å². The summed E-state index contributed by atoms with van der Waals surface area (Å²) in [6.45, 7) is 1.65. The summed E-state index contributed by atoms with van der Waals surface area (Å²) >= 11 is 10.7. The minimum atomic E-state index is -3.59. The summed E-state index contributed by atoms with van der Waals surface area (Å²) in [4.78, 5) is 0.131. The summed E-state index contributed by atoms with van der Waals surface area (Å²) in [6.07, 6.45) is 0. The minimum absolute atomic E-state index is 0.131. The Bertz CT molecular complexity index is 417. The van der Waals surface area contributed by atoms with E-state index in [1.54, 1.807) is 17.2 Å². The zero-order chi connectivity index (χ0) is 10.1. The molecule has 0 saturated carbocycles. The van der Waals surface area contributed by atoms with Crippen LogP contribution < -0.4 is 4.24 Å². The van der Waals surface area contributed by atoms with Gasteiger partial charge < -0.3 is 0 Å². The lowest BCUT2D eigenvalue weighted by atomic mass is 10.2. The van der Waals surface area contributed by atoms with Crippen LogP contribution in [-0.4, -0.2) is 8.42 Å². The van der Waals surface area contributed by atoms with Crippen molar-refractivity contribution in [3.8, 4) is 0 Å². The average Bonchev–Trinajstić information content (AvgIpc) is 2.03. The van der Waals surface area contributed by atoms with Crippen LogP contribution in [0.15, 0.2) is 23.1 Å². The van der Waals surface area contributed by atoms with Gasteiger partial charge in [0, 0.05) is 5.02 Å². The fourth-order valence-electron chi connectivity index (χ4n) is 0.956. The van der Waals surface area contributed by atoms with E-state index in [1.165, 1.54) is 12.1 Å². The van der Waals surface area contributed by atoms with Gasteiger partial charge in [0.15, 0.2) is 0 Å². The first-order valence-electron chi connectivity index (χ1n) is 3.36. The van der Waals surface area contributed by atoms with Crippen LogP contribution in [0.2, 0.25) is 5.02 Å². The number of nitrogens with one attached hydrogen (secondary N) is 1. The standard InChI is InChI=1S/C7H7Cl2NO2S/c1-5-4-6(8)2-3-7(5)13(11,12)10-9/h2-4,10H,1H3. The lowest BCUT2D eigenvalue weighted by molar-refractivity contribution is 0.593. The zero-order valence-corrected chi connectivity index (χ0v) is 9.04. The third-order valence-electron chi connectivity index (χ3n) is 1.53. The second kappa shape index (κ2) is 3.84.